The molecule has 0 spiro atoms. The van der Waals surface area contributed by atoms with Crippen LogP contribution in [0.25, 0.3) is 5.69 Å². The van der Waals surface area contributed by atoms with Crippen LogP contribution in [0.15, 0.2) is 34.9 Å². The standard InChI is InChI=1S/C11H5BrF6N2/c12-8-5-19-20(9(8)11(16,17)18)7-3-1-2-6(4-7)10(13,14)15/h1-5H. The van der Waals surface area contributed by atoms with Crippen molar-refractivity contribution in [1.29, 1.82) is 0 Å². The van der Waals surface area contributed by atoms with E-state index < -0.39 is 23.6 Å². The summed E-state index contributed by atoms with van der Waals surface area (Å²) in [5.41, 5.74) is -2.54. The van der Waals surface area contributed by atoms with Crippen molar-refractivity contribution in [3.63, 3.8) is 0 Å². The van der Waals surface area contributed by atoms with Crippen LogP contribution in [0.5, 0.6) is 0 Å². The summed E-state index contributed by atoms with van der Waals surface area (Å²) in [7, 11) is 0. The SMILES string of the molecule is FC(F)(F)c1cccc(-n2ncc(Br)c2C(F)(F)F)c1. The van der Waals surface area contributed by atoms with Gasteiger partial charge in [-0.25, -0.2) is 4.68 Å². The van der Waals surface area contributed by atoms with Crippen LogP contribution in [0, 0.1) is 0 Å². The average Bonchev–Trinajstić information content (AvgIpc) is 2.70. The molecule has 1 aromatic heterocycles. The number of alkyl halides is 6. The summed E-state index contributed by atoms with van der Waals surface area (Å²) in [6.45, 7) is 0. The molecule has 0 saturated heterocycles. The minimum absolute atomic E-state index is 0.321. The lowest BCUT2D eigenvalue weighted by molar-refractivity contribution is -0.143. The molecule has 0 aliphatic carbocycles. The van der Waals surface area contributed by atoms with Crippen LogP contribution in [0.1, 0.15) is 11.3 Å². The molecule has 0 aliphatic heterocycles. The fraction of sp³-hybridized carbons (Fsp3) is 0.182. The van der Waals surface area contributed by atoms with E-state index in [9.17, 15) is 26.3 Å². The summed E-state index contributed by atoms with van der Waals surface area (Å²) in [6.07, 6.45) is -8.51. The summed E-state index contributed by atoms with van der Waals surface area (Å²) in [4.78, 5) is 0. The molecule has 1 aromatic carbocycles. The molecule has 0 bridgehead atoms. The molecular formula is C11H5BrF6N2. The molecule has 0 atom stereocenters. The lowest BCUT2D eigenvalue weighted by Crippen LogP contribution is -2.14. The molecule has 9 heteroatoms. The highest BCUT2D eigenvalue weighted by Crippen LogP contribution is 2.37. The Hall–Kier alpha value is -1.51. The van der Waals surface area contributed by atoms with Crippen molar-refractivity contribution in [3.05, 3.63) is 46.2 Å². The minimum atomic E-state index is -4.75. The van der Waals surface area contributed by atoms with Gasteiger partial charge in [0.2, 0.25) is 0 Å². The molecule has 2 aromatic rings. The normalized spacial score (nSPS) is 12.8. The molecule has 0 saturated carbocycles. The van der Waals surface area contributed by atoms with E-state index in [4.69, 9.17) is 0 Å². The van der Waals surface area contributed by atoms with Gasteiger partial charge in [-0.1, -0.05) is 6.07 Å². The van der Waals surface area contributed by atoms with E-state index >= 15 is 0 Å². The molecule has 1 heterocycles. The van der Waals surface area contributed by atoms with E-state index in [2.05, 4.69) is 21.0 Å². The van der Waals surface area contributed by atoms with E-state index in [1.54, 1.807) is 0 Å². The van der Waals surface area contributed by atoms with Gasteiger partial charge in [-0.05, 0) is 34.1 Å². The van der Waals surface area contributed by atoms with Gasteiger partial charge in [0.05, 0.1) is 21.9 Å². The van der Waals surface area contributed by atoms with Gasteiger partial charge in [-0.2, -0.15) is 31.4 Å². The molecule has 0 unspecified atom stereocenters. The van der Waals surface area contributed by atoms with Crippen molar-refractivity contribution in [2.75, 3.05) is 0 Å². The second-order valence-corrected chi connectivity index (χ2v) is 4.65. The van der Waals surface area contributed by atoms with Crippen LogP contribution in [-0.4, -0.2) is 9.78 Å². The van der Waals surface area contributed by atoms with E-state index in [1.165, 1.54) is 0 Å². The van der Waals surface area contributed by atoms with Gasteiger partial charge in [0, 0.05) is 0 Å². The van der Waals surface area contributed by atoms with E-state index in [-0.39, 0.29) is 10.2 Å². The molecule has 0 amide bonds. The van der Waals surface area contributed by atoms with Crippen LogP contribution in [0.4, 0.5) is 26.3 Å². The quantitative estimate of drug-likeness (QED) is 0.677. The van der Waals surface area contributed by atoms with Gasteiger partial charge >= 0.3 is 12.4 Å². The Kier molecular flexibility index (Phi) is 3.57. The largest absolute Gasteiger partial charge is 0.434 e. The number of hydrogen-bond acceptors (Lipinski definition) is 1. The second-order valence-electron chi connectivity index (χ2n) is 3.80. The molecule has 0 radical (unpaired) electrons. The topological polar surface area (TPSA) is 17.8 Å². The zero-order chi connectivity index (χ0) is 15.1. The summed E-state index contributed by atoms with van der Waals surface area (Å²) < 4.78 is 76.3. The van der Waals surface area contributed by atoms with Gasteiger partial charge in [0.1, 0.15) is 0 Å². The zero-order valence-electron chi connectivity index (χ0n) is 9.43. The summed E-state index contributed by atoms with van der Waals surface area (Å²) >= 11 is 2.68. The first kappa shape index (κ1) is 14.9. The van der Waals surface area contributed by atoms with Crippen molar-refractivity contribution in [2.45, 2.75) is 12.4 Å². The Labute approximate surface area is 117 Å². The number of hydrogen-bond donors (Lipinski definition) is 0. The monoisotopic (exact) mass is 358 g/mol. The van der Waals surface area contributed by atoms with Crippen molar-refractivity contribution in [3.8, 4) is 5.69 Å². The lowest BCUT2D eigenvalue weighted by atomic mass is 10.2. The van der Waals surface area contributed by atoms with Crippen LogP contribution in [-0.2, 0) is 12.4 Å². The minimum Gasteiger partial charge on any atom is -0.227 e. The van der Waals surface area contributed by atoms with Crippen LogP contribution >= 0.6 is 15.9 Å². The van der Waals surface area contributed by atoms with Crippen molar-refractivity contribution >= 4 is 15.9 Å². The van der Waals surface area contributed by atoms with Gasteiger partial charge < -0.3 is 0 Å². The van der Waals surface area contributed by atoms with Gasteiger partial charge in [0.15, 0.2) is 5.69 Å². The highest BCUT2D eigenvalue weighted by atomic mass is 79.9. The molecule has 0 fully saturated rings. The molecule has 0 N–H and O–H groups in total. The third-order valence-electron chi connectivity index (χ3n) is 2.41. The number of benzene rings is 1. The Balaban J connectivity index is 2.59. The Morgan fingerprint density at radius 2 is 1.65 bits per heavy atom. The van der Waals surface area contributed by atoms with Crippen molar-refractivity contribution in [2.24, 2.45) is 0 Å². The first-order chi connectivity index (χ1) is 9.10. The van der Waals surface area contributed by atoms with Crippen molar-refractivity contribution < 1.29 is 26.3 Å². The summed E-state index contributed by atoms with van der Waals surface area (Å²) in [5, 5.41) is 3.46. The van der Waals surface area contributed by atoms with Crippen LogP contribution in [0.2, 0.25) is 0 Å². The molecular weight excluding hydrogens is 354 g/mol. The van der Waals surface area contributed by atoms with Gasteiger partial charge in [0.25, 0.3) is 0 Å². The molecule has 0 aliphatic rings. The maximum Gasteiger partial charge on any atom is 0.434 e. The fourth-order valence-electron chi connectivity index (χ4n) is 1.59. The zero-order valence-corrected chi connectivity index (χ0v) is 11.0. The predicted molar refractivity (Wildman–Crippen MR) is 61.3 cm³/mol. The predicted octanol–water partition coefficient (Wildman–Crippen LogP) is 4.67. The highest BCUT2D eigenvalue weighted by molar-refractivity contribution is 9.10. The van der Waals surface area contributed by atoms with Crippen LogP contribution < -0.4 is 0 Å². The number of rotatable bonds is 1. The van der Waals surface area contributed by atoms with E-state index in [0.29, 0.717) is 10.7 Å². The Morgan fingerprint density at radius 1 is 1.00 bits per heavy atom. The van der Waals surface area contributed by atoms with Gasteiger partial charge in [-0.15, -0.1) is 0 Å². The second kappa shape index (κ2) is 4.80. The maximum atomic E-state index is 12.8. The molecule has 2 nitrogen and oxygen atoms in total. The fourth-order valence-corrected chi connectivity index (χ4v) is 2.08. The molecule has 20 heavy (non-hydrogen) atoms. The summed E-state index contributed by atoms with van der Waals surface area (Å²) in [6, 6.07) is 3.52. The number of aromatic nitrogens is 2. The van der Waals surface area contributed by atoms with Gasteiger partial charge in [-0.3, -0.25) is 0 Å². The number of halogens is 7. The average molecular weight is 359 g/mol. The highest BCUT2D eigenvalue weighted by Gasteiger charge is 2.38. The first-order valence-corrected chi connectivity index (χ1v) is 5.88. The van der Waals surface area contributed by atoms with Crippen LogP contribution in [0.3, 0.4) is 0 Å². The van der Waals surface area contributed by atoms with E-state index in [1.807, 2.05) is 0 Å². The maximum absolute atomic E-state index is 12.8. The molecule has 108 valence electrons. The first-order valence-electron chi connectivity index (χ1n) is 5.09. The van der Waals surface area contributed by atoms with Crippen molar-refractivity contribution in [1.82, 2.24) is 9.78 Å². The third-order valence-corrected chi connectivity index (χ3v) is 2.99. The summed E-state index contributed by atoms with van der Waals surface area (Å²) in [5.74, 6) is 0. The van der Waals surface area contributed by atoms with E-state index in [0.717, 1.165) is 24.4 Å². The molecule has 2 rings (SSSR count). The lowest BCUT2D eigenvalue weighted by Gasteiger charge is -2.13. The third kappa shape index (κ3) is 2.82. The number of nitrogens with zero attached hydrogens (tertiary/aromatic N) is 2. The Bertz CT molecular complexity index is 629. The smallest absolute Gasteiger partial charge is 0.227 e. The Morgan fingerprint density at radius 3 is 2.20 bits per heavy atom.